The molecule has 1 saturated carbocycles. The monoisotopic (exact) mass is 470 g/mol. The number of nitrogens with one attached hydrogen (secondary N) is 2. The van der Waals surface area contributed by atoms with Crippen molar-refractivity contribution >= 4 is 17.8 Å². The Morgan fingerprint density at radius 1 is 1.12 bits per heavy atom. The van der Waals surface area contributed by atoms with Crippen molar-refractivity contribution in [2.24, 2.45) is 5.92 Å². The molecule has 1 aliphatic rings. The molecular weight excluding hydrogens is 432 g/mol. The fraction of sp³-hybridized carbons (Fsp3) is 0.519. The Kier molecular flexibility index (Phi) is 11.5. The van der Waals surface area contributed by atoms with E-state index in [0.29, 0.717) is 12.8 Å². The smallest absolute Gasteiger partial charge is 0.305 e. The van der Waals surface area contributed by atoms with Crippen LogP contribution in [-0.2, 0) is 19.1 Å². The summed E-state index contributed by atoms with van der Waals surface area (Å²) >= 11 is 0. The average Bonchev–Trinajstić information content (AvgIpc) is 3.30. The van der Waals surface area contributed by atoms with Crippen LogP contribution < -0.4 is 10.6 Å². The van der Waals surface area contributed by atoms with Crippen LogP contribution in [0.3, 0.4) is 0 Å². The van der Waals surface area contributed by atoms with Gasteiger partial charge in [-0.1, -0.05) is 55.3 Å². The number of hydrogen-bond donors (Lipinski definition) is 3. The molecule has 0 unspecified atom stereocenters. The maximum atomic E-state index is 13.2. The fourth-order valence-corrected chi connectivity index (χ4v) is 4.26. The molecule has 186 valence electrons. The number of hydrogen-bond acceptors (Lipinski definition) is 5. The Bertz CT molecular complexity index is 818. The van der Waals surface area contributed by atoms with E-state index in [1.807, 2.05) is 30.3 Å². The van der Waals surface area contributed by atoms with Crippen LogP contribution >= 0.6 is 0 Å². The normalized spacial score (nSPS) is 16.1. The number of benzene rings is 1. The molecule has 1 aromatic carbocycles. The standard InChI is InChI=1S/C27H38N2O5/c1-3-5-7-15-25(32)34-19-23(21-13-8-6-9-14-21)28-26(33)22(12-4-2)18-24(31)29-27(20-30)16-10-11-17-27/h3-4,6,8-9,13-14,22-23,30H,1-2,5,7,10-12,15-20H2,(H,28,33)(H,29,31)/t22-,23-/m1/s1. The highest BCUT2D eigenvalue weighted by molar-refractivity contribution is 5.86. The van der Waals surface area contributed by atoms with Crippen molar-refractivity contribution < 1.29 is 24.2 Å². The van der Waals surface area contributed by atoms with Gasteiger partial charge in [-0.05, 0) is 37.7 Å². The van der Waals surface area contributed by atoms with Gasteiger partial charge < -0.3 is 20.5 Å². The van der Waals surface area contributed by atoms with Gasteiger partial charge in [-0.2, -0.15) is 0 Å². The van der Waals surface area contributed by atoms with Crippen molar-refractivity contribution in [3.8, 4) is 0 Å². The third-order valence-electron chi connectivity index (χ3n) is 6.24. The molecule has 3 N–H and O–H groups in total. The SMILES string of the molecule is C=CCCCC(=O)OC[C@@H](NC(=O)[C@H](CC=C)CC(=O)NC1(CO)CCCC1)c1ccccc1. The third-order valence-corrected chi connectivity index (χ3v) is 6.24. The van der Waals surface area contributed by atoms with Crippen molar-refractivity contribution in [2.45, 2.75) is 69.4 Å². The first-order valence-electron chi connectivity index (χ1n) is 12.1. The molecule has 2 amide bonds. The highest BCUT2D eigenvalue weighted by Gasteiger charge is 2.35. The number of rotatable bonds is 15. The van der Waals surface area contributed by atoms with E-state index < -0.39 is 17.5 Å². The van der Waals surface area contributed by atoms with Crippen LogP contribution in [0.2, 0.25) is 0 Å². The second kappa shape index (κ2) is 14.4. The molecule has 1 fully saturated rings. The van der Waals surface area contributed by atoms with Crippen LogP contribution in [0.1, 0.15) is 69.4 Å². The fourth-order valence-electron chi connectivity index (χ4n) is 4.26. The topological polar surface area (TPSA) is 105 Å². The van der Waals surface area contributed by atoms with Crippen LogP contribution in [0.5, 0.6) is 0 Å². The minimum absolute atomic E-state index is 0.00328. The van der Waals surface area contributed by atoms with Gasteiger partial charge in [0.05, 0.1) is 24.1 Å². The number of aliphatic hydroxyl groups is 1. The lowest BCUT2D eigenvalue weighted by Gasteiger charge is -2.29. The van der Waals surface area contributed by atoms with Crippen molar-refractivity contribution in [2.75, 3.05) is 13.2 Å². The van der Waals surface area contributed by atoms with Gasteiger partial charge in [0.15, 0.2) is 0 Å². The Balaban J connectivity index is 2.02. The lowest BCUT2D eigenvalue weighted by molar-refractivity contribution is -0.145. The van der Waals surface area contributed by atoms with Crippen LogP contribution in [0.15, 0.2) is 55.6 Å². The summed E-state index contributed by atoms with van der Waals surface area (Å²) in [5, 5.41) is 15.7. The van der Waals surface area contributed by atoms with E-state index in [-0.39, 0.29) is 43.8 Å². The van der Waals surface area contributed by atoms with E-state index in [9.17, 15) is 19.5 Å². The summed E-state index contributed by atoms with van der Waals surface area (Å²) in [4.78, 5) is 38.0. The first-order chi connectivity index (χ1) is 16.4. The maximum absolute atomic E-state index is 13.2. The van der Waals surface area contributed by atoms with Crippen LogP contribution in [0, 0.1) is 5.92 Å². The van der Waals surface area contributed by atoms with Gasteiger partial charge in [0.25, 0.3) is 0 Å². The Labute approximate surface area is 202 Å². The molecule has 1 aliphatic carbocycles. The van der Waals surface area contributed by atoms with Gasteiger partial charge in [0.1, 0.15) is 6.61 Å². The first-order valence-corrected chi connectivity index (χ1v) is 12.1. The molecule has 2 rings (SSSR count). The highest BCUT2D eigenvalue weighted by Crippen LogP contribution is 2.29. The number of carbonyl (C=O) groups excluding carboxylic acids is 3. The summed E-state index contributed by atoms with van der Waals surface area (Å²) in [6, 6.07) is 8.75. The molecule has 0 bridgehead atoms. The number of unbranched alkanes of at least 4 members (excludes halogenated alkanes) is 1. The summed E-state index contributed by atoms with van der Waals surface area (Å²) in [7, 11) is 0. The molecule has 2 atom stereocenters. The largest absolute Gasteiger partial charge is 0.463 e. The molecule has 34 heavy (non-hydrogen) atoms. The quantitative estimate of drug-likeness (QED) is 0.206. The third kappa shape index (κ3) is 8.78. The lowest BCUT2D eigenvalue weighted by Crippen LogP contribution is -2.50. The van der Waals surface area contributed by atoms with Crippen molar-refractivity contribution in [1.29, 1.82) is 0 Å². The highest BCUT2D eigenvalue weighted by atomic mass is 16.5. The molecule has 0 radical (unpaired) electrons. The molecule has 1 aromatic rings. The molecule has 0 aromatic heterocycles. The molecule has 7 heteroatoms. The van der Waals surface area contributed by atoms with Crippen molar-refractivity contribution in [3.63, 3.8) is 0 Å². The van der Waals surface area contributed by atoms with E-state index in [1.165, 1.54) is 0 Å². The van der Waals surface area contributed by atoms with Gasteiger partial charge >= 0.3 is 5.97 Å². The Morgan fingerprint density at radius 3 is 2.44 bits per heavy atom. The van der Waals surface area contributed by atoms with E-state index in [4.69, 9.17) is 4.74 Å². The van der Waals surface area contributed by atoms with E-state index in [2.05, 4.69) is 23.8 Å². The van der Waals surface area contributed by atoms with Crippen molar-refractivity contribution in [3.05, 3.63) is 61.2 Å². The molecule has 7 nitrogen and oxygen atoms in total. The minimum atomic E-state index is -0.621. The summed E-state index contributed by atoms with van der Waals surface area (Å²) in [5.74, 6) is -1.52. The average molecular weight is 471 g/mol. The Hall–Kier alpha value is -2.93. The zero-order chi connectivity index (χ0) is 24.8. The Morgan fingerprint density at radius 2 is 1.82 bits per heavy atom. The second-order valence-electron chi connectivity index (χ2n) is 8.95. The predicted octanol–water partition coefficient (Wildman–Crippen LogP) is 3.75. The predicted molar refractivity (Wildman–Crippen MR) is 132 cm³/mol. The van der Waals surface area contributed by atoms with Crippen LogP contribution in [0.25, 0.3) is 0 Å². The summed E-state index contributed by atoms with van der Waals surface area (Å²) in [6.07, 6.45) is 8.77. The van der Waals surface area contributed by atoms with Gasteiger partial charge in [-0.25, -0.2) is 0 Å². The summed E-state index contributed by atoms with van der Waals surface area (Å²) in [6.45, 7) is 7.27. The molecule has 0 heterocycles. The number of aliphatic hydroxyl groups excluding tert-OH is 1. The van der Waals surface area contributed by atoms with E-state index >= 15 is 0 Å². The zero-order valence-electron chi connectivity index (χ0n) is 20.0. The van der Waals surface area contributed by atoms with Gasteiger partial charge in [0, 0.05) is 12.8 Å². The van der Waals surface area contributed by atoms with Gasteiger partial charge in [0.2, 0.25) is 11.8 Å². The lowest BCUT2D eigenvalue weighted by atomic mass is 9.95. The summed E-state index contributed by atoms with van der Waals surface area (Å²) in [5.41, 5.74) is 0.223. The minimum Gasteiger partial charge on any atom is -0.463 e. The van der Waals surface area contributed by atoms with Crippen molar-refractivity contribution in [1.82, 2.24) is 10.6 Å². The van der Waals surface area contributed by atoms with Gasteiger partial charge in [-0.15, -0.1) is 13.2 Å². The number of allylic oxidation sites excluding steroid dienone is 2. The molecule has 0 spiro atoms. The number of ether oxygens (including phenoxy) is 1. The van der Waals surface area contributed by atoms with E-state index in [1.54, 1.807) is 12.2 Å². The van der Waals surface area contributed by atoms with E-state index in [0.717, 1.165) is 37.7 Å². The zero-order valence-corrected chi connectivity index (χ0v) is 20.0. The number of carbonyl (C=O) groups is 3. The molecule has 0 saturated heterocycles. The maximum Gasteiger partial charge on any atom is 0.305 e. The van der Waals surface area contributed by atoms with Crippen LogP contribution in [0.4, 0.5) is 0 Å². The summed E-state index contributed by atoms with van der Waals surface area (Å²) < 4.78 is 5.43. The number of amides is 2. The van der Waals surface area contributed by atoms with Crippen LogP contribution in [-0.4, -0.2) is 41.6 Å². The second-order valence-corrected chi connectivity index (χ2v) is 8.95. The molecular formula is C27H38N2O5. The number of esters is 1. The van der Waals surface area contributed by atoms with Gasteiger partial charge in [-0.3, -0.25) is 14.4 Å². The first kappa shape index (κ1) is 27.3. The molecule has 0 aliphatic heterocycles.